The van der Waals surface area contributed by atoms with Crippen LogP contribution in [-0.4, -0.2) is 23.1 Å². The standard InChI is InChI=1S/C20H28O4/c1-14(15-11-9-8-10-12-15)13-16(17(21)23-19(2,3)4)18(22)24-20(5,6)7/h8-14H,1-7H3. The largest absolute Gasteiger partial charge is 0.456 e. The normalized spacial score (nSPS) is 13.0. The molecule has 0 spiro atoms. The zero-order valence-corrected chi connectivity index (χ0v) is 15.7. The monoisotopic (exact) mass is 332 g/mol. The summed E-state index contributed by atoms with van der Waals surface area (Å²) >= 11 is 0. The van der Waals surface area contributed by atoms with E-state index in [9.17, 15) is 9.59 Å². The average Bonchev–Trinajstić information content (AvgIpc) is 2.41. The third-order valence-corrected chi connectivity index (χ3v) is 2.98. The van der Waals surface area contributed by atoms with E-state index in [0.717, 1.165) is 5.56 Å². The van der Waals surface area contributed by atoms with Crippen LogP contribution in [-0.2, 0) is 19.1 Å². The molecule has 0 aliphatic rings. The molecule has 0 saturated heterocycles. The molecule has 4 nitrogen and oxygen atoms in total. The van der Waals surface area contributed by atoms with Crippen LogP contribution in [0, 0.1) is 0 Å². The maximum absolute atomic E-state index is 12.5. The SMILES string of the molecule is CC(C=C(C(=O)OC(C)(C)C)C(=O)OC(C)(C)C)c1ccccc1. The van der Waals surface area contributed by atoms with E-state index in [1.807, 2.05) is 37.3 Å². The molecular formula is C20H28O4. The highest BCUT2D eigenvalue weighted by Crippen LogP contribution is 2.22. The Balaban J connectivity index is 3.15. The molecule has 0 heterocycles. The zero-order chi connectivity index (χ0) is 18.5. The van der Waals surface area contributed by atoms with Gasteiger partial charge >= 0.3 is 11.9 Å². The van der Waals surface area contributed by atoms with Gasteiger partial charge in [0.25, 0.3) is 0 Å². The van der Waals surface area contributed by atoms with E-state index in [4.69, 9.17) is 9.47 Å². The molecule has 132 valence electrons. The third kappa shape index (κ3) is 6.99. The van der Waals surface area contributed by atoms with E-state index >= 15 is 0 Å². The van der Waals surface area contributed by atoms with Crippen LogP contribution in [0.2, 0.25) is 0 Å². The van der Waals surface area contributed by atoms with Crippen molar-refractivity contribution in [3.63, 3.8) is 0 Å². The van der Waals surface area contributed by atoms with Crippen LogP contribution < -0.4 is 0 Å². The predicted octanol–water partition coefficient (Wildman–Crippen LogP) is 4.40. The first-order valence-electron chi connectivity index (χ1n) is 8.12. The predicted molar refractivity (Wildman–Crippen MR) is 94.6 cm³/mol. The minimum Gasteiger partial charge on any atom is -0.456 e. The van der Waals surface area contributed by atoms with E-state index in [-0.39, 0.29) is 11.5 Å². The fourth-order valence-corrected chi connectivity index (χ4v) is 1.99. The van der Waals surface area contributed by atoms with Crippen LogP contribution >= 0.6 is 0 Å². The molecule has 0 bridgehead atoms. The number of rotatable bonds is 4. The topological polar surface area (TPSA) is 52.6 Å². The number of carbonyl (C=O) groups is 2. The minimum atomic E-state index is -0.686. The molecule has 1 unspecified atom stereocenters. The quantitative estimate of drug-likeness (QED) is 0.355. The molecule has 24 heavy (non-hydrogen) atoms. The molecule has 1 atom stereocenters. The summed E-state index contributed by atoms with van der Waals surface area (Å²) < 4.78 is 10.7. The van der Waals surface area contributed by atoms with E-state index < -0.39 is 23.1 Å². The lowest BCUT2D eigenvalue weighted by molar-refractivity contribution is -0.158. The van der Waals surface area contributed by atoms with Gasteiger partial charge in [-0.05, 0) is 47.1 Å². The van der Waals surface area contributed by atoms with Crippen LogP contribution in [0.5, 0.6) is 0 Å². The Bertz CT molecular complexity index is 571. The van der Waals surface area contributed by atoms with Gasteiger partial charge in [-0.25, -0.2) is 9.59 Å². The summed E-state index contributed by atoms with van der Waals surface area (Å²) in [4.78, 5) is 24.9. The summed E-state index contributed by atoms with van der Waals surface area (Å²) in [6.07, 6.45) is 1.61. The van der Waals surface area contributed by atoms with Crippen molar-refractivity contribution in [2.24, 2.45) is 0 Å². The number of carbonyl (C=O) groups excluding carboxylic acids is 2. The first-order valence-corrected chi connectivity index (χ1v) is 8.12. The lowest BCUT2D eigenvalue weighted by Gasteiger charge is -2.23. The van der Waals surface area contributed by atoms with Gasteiger partial charge in [0, 0.05) is 5.92 Å². The average molecular weight is 332 g/mol. The summed E-state index contributed by atoms with van der Waals surface area (Å²) in [7, 11) is 0. The highest BCUT2D eigenvalue weighted by atomic mass is 16.6. The number of hydrogen-bond donors (Lipinski definition) is 0. The van der Waals surface area contributed by atoms with Crippen LogP contribution in [0.1, 0.15) is 59.9 Å². The van der Waals surface area contributed by atoms with E-state index in [2.05, 4.69) is 0 Å². The van der Waals surface area contributed by atoms with Crippen LogP contribution in [0.3, 0.4) is 0 Å². The number of hydrogen-bond acceptors (Lipinski definition) is 4. The number of allylic oxidation sites excluding steroid dienone is 1. The Kier molecular flexibility index (Phi) is 6.35. The van der Waals surface area contributed by atoms with Crippen molar-refractivity contribution in [2.45, 2.75) is 65.6 Å². The Labute approximate surface area is 144 Å². The van der Waals surface area contributed by atoms with Gasteiger partial charge in [-0.1, -0.05) is 43.3 Å². The van der Waals surface area contributed by atoms with Crippen molar-refractivity contribution < 1.29 is 19.1 Å². The fourth-order valence-electron chi connectivity index (χ4n) is 1.99. The smallest absolute Gasteiger partial charge is 0.345 e. The molecule has 0 aromatic heterocycles. The van der Waals surface area contributed by atoms with Gasteiger partial charge in [-0.2, -0.15) is 0 Å². The molecule has 1 rings (SSSR count). The summed E-state index contributed by atoms with van der Waals surface area (Å²) in [5.41, 5.74) is -0.444. The summed E-state index contributed by atoms with van der Waals surface area (Å²) in [5, 5.41) is 0. The molecule has 0 fully saturated rings. The molecule has 0 aliphatic carbocycles. The lowest BCUT2D eigenvalue weighted by Crippen LogP contribution is -2.31. The van der Waals surface area contributed by atoms with Gasteiger partial charge in [0.1, 0.15) is 16.8 Å². The molecule has 0 aliphatic heterocycles. The van der Waals surface area contributed by atoms with Crippen molar-refractivity contribution in [3.8, 4) is 0 Å². The number of esters is 2. The second-order valence-corrected chi connectivity index (χ2v) is 7.78. The van der Waals surface area contributed by atoms with Crippen molar-refractivity contribution in [3.05, 3.63) is 47.5 Å². The fraction of sp³-hybridized carbons (Fsp3) is 0.500. The van der Waals surface area contributed by atoms with Gasteiger partial charge < -0.3 is 9.47 Å². The number of benzene rings is 1. The second kappa shape index (κ2) is 7.65. The van der Waals surface area contributed by atoms with E-state index in [1.165, 1.54) is 0 Å². The molecule has 0 radical (unpaired) electrons. The summed E-state index contributed by atoms with van der Waals surface area (Å²) in [6.45, 7) is 12.5. The van der Waals surface area contributed by atoms with Gasteiger partial charge in [0.2, 0.25) is 0 Å². The highest BCUT2D eigenvalue weighted by molar-refractivity contribution is 6.14. The van der Waals surface area contributed by atoms with Crippen LogP contribution in [0.25, 0.3) is 0 Å². The molecular weight excluding hydrogens is 304 g/mol. The molecule has 0 amide bonds. The Hall–Kier alpha value is -2.10. The summed E-state index contributed by atoms with van der Waals surface area (Å²) in [5.74, 6) is -1.46. The van der Waals surface area contributed by atoms with Crippen molar-refractivity contribution in [1.82, 2.24) is 0 Å². The molecule has 4 heteroatoms. The van der Waals surface area contributed by atoms with Crippen molar-refractivity contribution >= 4 is 11.9 Å². The first-order chi connectivity index (χ1) is 10.9. The Morgan fingerprint density at radius 3 is 1.67 bits per heavy atom. The van der Waals surface area contributed by atoms with Gasteiger partial charge in [0.05, 0.1) is 0 Å². The van der Waals surface area contributed by atoms with Crippen LogP contribution in [0.4, 0.5) is 0 Å². The van der Waals surface area contributed by atoms with Crippen molar-refractivity contribution in [2.75, 3.05) is 0 Å². The molecule has 1 aromatic rings. The Morgan fingerprint density at radius 1 is 0.875 bits per heavy atom. The van der Waals surface area contributed by atoms with Gasteiger partial charge in [-0.15, -0.1) is 0 Å². The maximum Gasteiger partial charge on any atom is 0.345 e. The van der Waals surface area contributed by atoms with E-state index in [0.29, 0.717) is 0 Å². The lowest BCUT2D eigenvalue weighted by atomic mass is 9.98. The first kappa shape index (κ1) is 19.9. The molecule has 0 saturated carbocycles. The number of ether oxygens (including phenoxy) is 2. The maximum atomic E-state index is 12.5. The van der Waals surface area contributed by atoms with Crippen molar-refractivity contribution in [1.29, 1.82) is 0 Å². The minimum absolute atomic E-state index is 0.0730. The van der Waals surface area contributed by atoms with Gasteiger partial charge in [-0.3, -0.25) is 0 Å². The molecule has 0 N–H and O–H groups in total. The van der Waals surface area contributed by atoms with Gasteiger partial charge in [0.15, 0.2) is 0 Å². The van der Waals surface area contributed by atoms with E-state index in [1.54, 1.807) is 47.6 Å². The second-order valence-electron chi connectivity index (χ2n) is 7.78. The zero-order valence-electron chi connectivity index (χ0n) is 15.7. The summed E-state index contributed by atoms with van der Waals surface area (Å²) in [6, 6.07) is 9.65. The molecule has 1 aromatic carbocycles. The van der Waals surface area contributed by atoms with Crippen LogP contribution in [0.15, 0.2) is 42.0 Å². The third-order valence-electron chi connectivity index (χ3n) is 2.98. The Morgan fingerprint density at radius 2 is 1.29 bits per heavy atom. The highest BCUT2D eigenvalue weighted by Gasteiger charge is 2.29.